The quantitative estimate of drug-likeness (QED) is 0.323. The Morgan fingerprint density at radius 2 is 2.17 bits per heavy atom. The van der Waals surface area contributed by atoms with Crippen LogP contribution in [0, 0.1) is 12.3 Å². The van der Waals surface area contributed by atoms with Crippen LogP contribution in [-0.2, 0) is 0 Å². The number of terminal acetylenes is 1. The van der Waals surface area contributed by atoms with E-state index in [9.17, 15) is 0 Å². The molecule has 0 amide bonds. The van der Waals surface area contributed by atoms with E-state index in [0.29, 0.717) is 5.02 Å². The van der Waals surface area contributed by atoms with Gasteiger partial charge < -0.3 is 0 Å². The van der Waals surface area contributed by atoms with Crippen LogP contribution in [0.3, 0.4) is 0 Å². The maximum Gasteiger partial charge on any atom is 0.187 e. The van der Waals surface area contributed by atoms with Gasteiger partial charge in [0, 0.05) is 12.2 Å². The molecule has 2 nitrogen and oxygen atoms in total. The van der Waals surface area contributed by atoms with E-state index < -0.39 is 0 Å². The van der Waals surface area contributed by atoms with E-state index in [-0.39, 0.29) is 0 Å². The highest BCUT2D eigenvalue weighted by molar-refractivity contribution is 7.99. The van der Waals surface area contributed by atoms with Gasteiger partial charge in [-0.3, -0.25) is 0 Å². The molecule has 0 bridgehead atoms. The van der Waals surface area contributed by atoms with Crippen LogP contribution in [0.1, 0.15) is 6.42 Å². The van der Waals surface area contributed by atoms with Crippen molar-refractivity contribution >= 4 is 23.4 Å². The molecule has 12 heavy (non-hydrogen) atoms. The highest BCUT2D eigenvalue weighted by Crippen LogP contribution is 2.14. The van der Waals surface area contributed by atoms with Gasteiger partial charge in [-0.15, -0.1) is 12.3 Å². The SMILES string of the molecule is C#CCCSc1ncc(Cl)cn1. The fraction of sp³-hybridized carbons (Fsp3) is 0.250. The van der Waals surface area contributed by atoms with E-state index in [0.717, 1.165) is 17.3 Å². The summed E-state index contributed by atoms with van der Waals surface area (Å²) in [6.45, 7) is 0. The van der Waals surface area contributed by atoms with Gasteiger partial charge in [0.05, 0.1) is 17.4 Å². The molecule has 1 aromatic rings. The first kappa shape index (κ1) is 9.37. The largest absolute Gasteiger partial charge is 0.230 e. The van der Waals surface area contributed by atoms with E-state index >= 15 is 0 Å². The zero-order chi connectivity index (χ0) is 8.81. The summed E-state index contributed by atoms with van der Waals surface area (Å²) in [6.07, 6.45) is 8.98. The molecule has 0 aliphatic carbocycles. The average Bonchev–Trinajstić information content (AvgIpc) is 2.09. The lowest BCUT2D eigenvalue weighted by molar-refractivity contribution is 0.966. The third-order valence-corrected chi connectivity index (χ3v) is 2.15. The second-order valence-electron chi connectivity index (χ2n) is 1.99. The number of hydrogen-bond acceptors (Lipinski definition) is 3. The van der Waals surface area contributed by atoms with Crippen LogP contribution in [0.5, 0.6) is 0 Å². The van der Waals surface area contributed by atoms with Crippen molar-refractivity contribution in [3.05, 3.63) is 17.4 Å². The minimum absolute atomic E-state index is 0.552. The van der Waals surface area contributed by atoms with Crippen molar-refractivity contribution in [1.82, 2.24) is 9.97 Å². The Bertz CT molecular complexity index is 278. The standard InChI is InChI=1S/C8H7ClN2S/c1-2-3-4-12-8-10-5-7(9)6-11-8/h1,5-6H,3-4H2. The molecule has 0 saturated carbocycles. The van der Waals surface area contributed by atoms with Gasteiger partial charge in [0.25, 0.3) is 0 Å². The predicted octanol–water partition coefficient (Wildman–Crippen LogP) is 2.25. The number of rotatable bonds is 3. The molecule has 0 saturated heterocycles. The molecule has 4 heteroatoms. The summed E-state index contributed by atoms with van der Waals surface area (Å²) in [5.74, 6) is 3.39. The molecule has 0 N–H and O–H groups in total. The van der Waals surface area contributed by atoms with Crippen LogP contribution >= 0.6 is 23.4 Å². The smallest absolute Gasteiger partial charge is 0.187 e. The Morgan fingerprint density at radius 3 is 2.75 bits per heavy atom. The molecule has 62 valence electrons. The summed E-state index contributed by atoms with van der Waals surface area (Å²) in [6, 6.07) is 0. The second kappa shape index (κ2) is 5.02. The van der Waals surface area contributed by atoms with Gasteiger partial charge in [-0.2, -0.15) is 0 Å². The second-order valence-corrected chi connectivity index (χ2v) is 3.48. The first-order chi connectivity index (χ1) is 5.83. The molecule has 1 aromatic heterocycles. The minimum Gasteiger partial charge on any atom is -0.230 e. The van der Waals surface area contributed by atoms with Crippen molar-refractivity contribution in [3.8, 4) is 12.3 Å². The molecule has 0 spiro atoms. The molecule has 0 atom stereocenters. The number of thioether (sulfide) groups is 1. The maximum absolute atomic E-state index is 5.61. The van der Waals surface area contributed by atoms with Crippen molar-refractivity contribution in [2.75, 3.05) is 5.75 Å². The predicted molar refractivity (Wildman–Crippen MR) is 51.2 cm³/mol. The first-order valence-electron chi connectivity index (χ1n) is 3.36. The maximum atomic E-state index is 5.61. The first-order valence-corrected chi connectivity index (χ1v) is 4.73. The zero-order valence-electron chi connectivity index (χ0n) is 6.33. The van der Waals surface area contributed by atoms with Gasteiger partial charge in [0.2, 0.25) is 0 Å². The topological polar surface area (TPSA) is 25.8 Å². The van der Waals surface area contributed by atoms with E-state index in [1.54, 1.807) is 12.4 Å². The van der Waals surface area contributed by atoms with Crippen LogP contribution in [0.2, 0.25) is 5.02 Å². The monoisotopic (exact) mass is 198 g/mol. The molecule has 1 heterocycles. The molecule has 0 aliphatic heterocycles. The Labute approximate surface area is 80.8 Å². The van der Waals surface area contributed by atoms with Gasteiger partial charge >= 0.3 is 0 Å². The third-order valence-electron chi connectivity index (χ3n) is 1.07. The van der Waals surface area contributed by atoms with Crippen molar-refractivity contribution < 1.29 is 0 Å². The molecule has 1 rings (SSSR count). The number of aromatic nitrogens is 2. The summed E-state index contributed by atoms with van der Waals surface area (Å²) in [5.41, 5.74) is 0. The van der Waals surface area contributed by atoms with Crippen LogP contribution in [-0.4, -0.2) is 15.7 Å². The Morgan fingerprint density at radius 1 is 1.50 bits per heavy atom. The lowest BCUT2D eigenvalue weighted by Crippen LogP contribution is -1.85. The number of hydrogen-bond donors (Lipinski definition) is 0. The van der Waals surface area contributed by atoms with Gasteiger partial charge in [-0.25, -0.2) is 9.97 Å². The lowest BCUT2D eigenvalue weighted by atomic mass is 10.5. The van der Waals surface area contributed by atoms with E-state index in [4.69, 9.17) is 18.0 Å². The molecule has 0 fully saturated rings. The Hall–Kier alpha value is -0.720. The van der Waals surface area contributed by atoms with E-state index in [2.05, 4.69) is 15.9 Å². The molecular formula is C8H7ClN2S. The summed E-state index contributed by atoms with van der Waals surface area (Å²) >= 11 is 7.14. The number of nitrogens with zero attached hydrogens (tertiary/aromatic N) is 2. The highest BCUT2D eigenvalue weighted by Gasteiger charge is 1.95. The Balaban J connectivity index is 2.43. The summed E-state index contributed by atoms with van der Waals surface area (Å²) in [4.78, 5) is 8.00. The van der Waals surface area contributed by atoms with Crippen LogP contribution in [0.15, 0.2) is 17.6 Å². The molecule has 0 unspecified atom stereocenters. The molecule has 0 aromatic carbocycles. The van der Waals surface area contributed by atoms with E-state index in [1.165, 1.54) is 11.8 Å². The minimum atomic E-state index is 0.552. The van der Waals surface area contributed by atoms with Crippen molar-refractivity contribution in [2.24, 2.45) is 0 Å². The molecular weight excluding hydrogens is 192 g/mol. The average molecular weight is 199 g/mol. The fourth-order valence-electron chi connectivity index (χ4n) is 0.576. The van der Waals surface area contributed by atoms with Crippen LogP contribution in [0.25, 0.3) is 0 Å². The zero-order valence-corrected chi connectivity index (χ0v) is 7.90. The normalized spacial score (nSPS) is 9.33. The summed E-state index contributed by atoms with van der Waals surface area (Å²) in [7, 11) is 0. The number of halogens is 1. The van der Waals surface area contributed by atoms with Crippen molar-refractivity contribution in [1.29, 1.82) is 0 Å². The summed E-state index contributed by atoms with van der Waals surface area (Å²) in [5, 5.41) is 1.27. The molecule has 0 aliphatic rings. The lowest BCUT2D eigenvalue weighted by Gasteiger charge is -1.95. The van der Waals surface area contributed by atoms with Gasteiger partial charge in [0.15, 0.2) is 5.16 Å². The molecule has 0 radical (unpaired) electrons. The third kappa shape index (κ3) is 3.12. The van der Waals surface area contributed by atoms with Crippen molar-refractivity contribution in [2.45, 2.75) is 11.6 Å². The van der Waals surface area contributed by atoms with Crippen LogP contribution < -0.4 is 0 Å². The van der Waals surface area contributed by atoms with Gasteiger partial charge in [-0.05, 0) is 0 Å². The van der Waals surface area contributed by atoms with Crippen LogP contribution in [0.4, 0.5) is 0 Å². The van der Waals surface area contributed by atoms with Gasteiger partial charge in [0.1, 0.15) is 0 Å². The highest BCUT2D eigenvalue weighted by atomic mass is 35.5. The van der Waals surface area contributed by atoms with E-state index in [1.807, 2.05) is 0 Å². The van der Waals surface area contributed by atoms with Gasteiger partial charge in [-0.1, -0.05) is 23.4 Å². The fourth-order valence-corrected chi connectivity index (χ4v) is 1.33. The Kier molecular flexibility index (Phi) is 3.92. The van der Waals surface area contributed by atoms with Crippen molar-refractivity contribution in [3.63, 3.8) is 0 Å². The summed E-state index contributed by atoms with van der Waals surface area (Å²) < 4.78 is 0.